The van der Waals surface area contributed by atoms with Gasteiger partial charge in [-0.15, -0.1) is 0 Å². The number of ketones is 1. The zero-order chi connectivity index (χ0) is 16.3. The highest BCUT2D eigenvalue weighted by Gasteiger charge is 2.21. The van der Waals surface area contributed by atoms with Crippen LogP contribution in [0.4, 0.5) is 0 Å². The molecule has 1 atom stereocenters. The Morgan fingerprint density at radius 2 is 2.00 bits per heavy atom. The molecule has 0 radical (unpaired) electrons. The highest BCUT2D eigenvalue weighted by Crippen LogP contribution is 2.19. The normalized spacial score (nSPS) is 11.8. The third kappa shape index (κ3) is 5.72. The van der Waals surface area contributed by atoms with Crippen LogP contribution in [0.25, 0.3) is 0 Å². The Kier molecular flexibility index (Phi) is 7.09. The van der Waals surface area contributed by atoms with E-state index in [2.05, 4.69) is 6.07 Å². The molecule has 2 aromatic rings. The molecule has 0 saturated carbocycles. The molecule has 0 aliphatic carbocycles. The summed E-state index contributed by atoms with van der Waals surface area (Å²) in [6.07, 6.45) is 4.12. The van der Waals surface area contributed by atoms with Crippen molar-refractivity contribution in [3.05, 3.63) is 60.1 Å². The van der Waals surface area contributed by atoms with E-state index in [0.717, 1.165) is 18.4 Å². The van der Waals surface area contributed by atoms with Crippen molar-refractivity contribution in [2.45, 2.75) is 32.3 Å². The zero-order valence-corrected chi connectivity index (χ0v) is 13.1. The molecule has 120 valence electrons. The predicted octanol–water partition coefficient (Wildman–Crippen LogP) is 4.38. The second-order valence-corrected chi connectivity index (χ2v) is 5.43. The molecule has 23 heavy (non-hydrogen) atoms. The Bertz CT molecular complexity index is 614. The van der Waals surface area contributed by atoms with Crippen molar-refractivity contribution < 1.29 is 13.9 Å². The van der Waals surface area contributed by atoms with E-state index in [1.165, 1.54) is 6.26 Å². The van der Waals surface area contributed by atoms with Crippen LogP contribution in [-0.2, 0) is 11.3 Å². The molecular weight excluding hydrogens is 290 g/mol. The lowest BCUT2D eigenvalue weighted by atomic mass is 9.93. The first kappa shape index (κ1) is 17.0. The predicted molar refractivity (Wildman–Crippen MR) is 86.7 cm³/mol. The van der Waals surface area contributed by atoms with Crippen molar-refractivity contribution in [3.8, 4) is 6.07 Å². The third-order valence-corrected chi connectivity index (χ3v) is 3.68. The van der Waals surface area contributed by atoms with E-state index in [1.54, 1.807) is 12.1 Å². The second kappa shape index (κ2) is 9.60. The van der Waals surface area contributed by atoms with Gasteiger partial charge in [-0.25, -0.2) is 0 Å². The minimum absolute atomic E-state index is 0.0817. The maximum absolute atomic E-state index is 12.2. The van der Waals surface area contributed by atoms with Crippen molar-refractivity contribution in [1.29, 1.82) is 5.26 Å². The summed E-state index contributed by atoms with van der Waals surface area (Å²) >= 11 is 0. The molecule has 0 saturated heterocycles. The Balaban J connectivity index is 1.66. The number of benzene rings is 1. The van der Waals surface area contributed by atoms with Crippen LogP contribution in [0.1, 0.15) is 41.8 Å². The molecule has 0 aliphatic rings. The summed E-state index contributed by atoms with van der Waals surface area (Å²) in [4.78, 5) is 12.2. The number of hydrogen-bond donors (Lipinski definition) is 0. The lowest BCUT2D eigenvalue weighted by molar-refractivity contribution is 0.0874. The van der Waals surface area contributed by atoms with Gasteiger partial charge in [-0.2, -0.15) is 5.26 Å². The van der Waals surface area contributed by atoms with Crippen molar-refractivity contribution in [3.63, 3.8) is 0 Å². The molecule has 1 aromatic carbocycles. The standard InChI is InChI=1S/C19H21NO3/c20-12-11-17(19(21)18-10-6-14-23-18)9-4-5-13-22-15-16-7-2-1-3-8-16/h1-3,6-8,10,14,17H,4-5,9,11,13,15H2. The van der Waals surface area contributed by atoms with E-state index in [9.17, 15) is 4.79 Å². The quantitative estimate of drug-likeness (QED) is 0.482. The van der Waals surface area contributed by atoms with Crippen LogP contribution < -0.4 is 0 Å². The third-order valence-electron chi connectivity index (χ3n) is 3.68. The summed E-state index contributed by atoms with van der Waals surface area (Å²) in [5.41, 5.74) is 1.16. The molecule has 0 aliphatic heterocycles. The first-order valence-electron chi connectivity index (χ1n) is 7.87. The zero-order valence-electron chi connectivity index (χ0n) is 13.1. The number of furan rings is 1. The number of hydrogen-bond acceptors (Lipinski definition) is 4. The molecule has 0 N–H and O–H groups in total. The van der Waals surface area contributed by atoms with Gasteiger partial charge in [0.15, 0.2) is 5.76 Å². The maximum atomic E-state index is 12.2. The number of carbonyl (C=O) groups excluding carboxylic acids is 1. The lowest BCUT2D eigenvalue weighted by Crippen LogP contribution is -2.14. The molecule has 4 heteroatoms. The minimum atomic E-state index is -0.291. The molecule has 0 fully saturated rings. The average Bonchev–Trinajstić information content (AvgIpc) is 3.12. The number of carbonyl (C=O) groups is 1. The molecule has 0 spiro atoms. The summed E-state index contributed by atoms with van der Waals surface area (Å²) in [5.74, 6) is -0.0346. The highest BCUT2D eigenvalue weighted by atomic mass is 16.5. The van der Waals surface area contributed by atoms with Crippen LogP contribution in [-0.4, -0.2) is 12.4 Å². The summed E-state index contributed by atoms with van der Waals surface area (Å²) in [6, 6.07) is 15.5. The van der Waals surface area contributed by atoms with E-state index < -0.39 is 0 Å². The van der Waals surface area contributed by atoms with Crippen LogP contribution >= 0.6 is 0 Å². The Morgan fingerprint density at radius 1 is 1.17 bits per heavy atom. The van der Waals surface area contributed by atoms with Crippen LogP contribution in [0.5, 0.6) is 0 Å². The topological polar surface area (TPSA) is 63.2 Å². The van der Waals surface area contributed by atoms with E-state index in [0.29, 0.717) is 25.4 Å². The summed E-state index contributed by atoms with van der Waals surface area (Å²) in [6.45, 7) is 1.26. The summed E-state index contributed by atoms with van der Waals surface area (Å²) in [5, 5.41) is 8.89. The molecule has 4 nitrogen and oxygen atoms in total. The van der Waals surface area contributed by atoms with Gasteiger partial charge >= 0.3 is 0 Å². The van der Waals surface area contributed by atoms with Crippen molar-refractivity contribution in [2.24, 2.45) is 5.92 Å². The van der Waals surface area contributed by atoms with Crippen LogP contribution in [0.3, 0.4) is 0 Å². The minimum Gasteiger partial charge on any atom is -0.461 e. The second-order valence-electron chi connectivity index (χ2n) is 5.43. The molecule has 0 amide bonds. The van der Waals surface area contributed by atoms with Crippen molar-refractivity contribution in [1.82, 2.24) is 0 Å². The monoisotopic (exact) mass is 311 g/mol. The molecule has 1 heterocycles. The van der Waals surface area contributed by atoms with Gasteiger partial charge in [-0.1, -0.05) is 36.8 Å². The van der Waals surface area contributed by atoms with Crippen LogP contribution in [0.15, 0.2) is 53.1 Å². The first-order chi connectivity index (χ1) is 11.3. The fraction of sp³-hybridized carbons (Fsp3) is 0.368. The fourth-order valence-corrected chi connectivity index (χ4v) is 2.42. The van der Waals surface area contributed by atoms with E-state index in [1.807, 2.05) is 30.3 Å². The number of unbranched alkanes of at least 4 members (excludes halogenated alkanes) is 1. The fourth-order valence-electron chi connectivity index (χ4n) is 2.42. The summed E-state index contributed by atoms with van der Waals surface area (Å²) in [7, 11) is 0. The van der Waals surface area contributed by atoms with Gasteiger partial charge < -0.3 is 9.15 Å². The summed E-state index contributed by atoms with van der Waals surface area (Å²) < 4.78 is 10.8. The molecule has 0 bridgehead atoms. The molecule has 1 aromatic heterocycles. The number of nitriles is 1. The van der Waals surface area contributed by atoms with E-state index >= 15 is 0 Å². The average molecular weight is 311 g/mol. The van der Waals surface area contributed by atoms with Gasteiger partial charge in [0.1, 0.15) is 0 Å². The Hall–Kier alpha value is -2.38. The van der Waals surface area contributed by atoms with Crippen molar-refractivity contribution >= 4 is 5.78 Å². The van der Waals surface area contributed by atoms with Crippen molar-refractivity contribution in [2.75, 3.05) is 6.61 Å². The van der Waals surface area contributed by atoms with Gasteiger partial charge in [-0.3, -0.25) is 4.79 Å². The Morgan fingerprint density at radius 3 is 2.70 bits per heavy atom. The Labute approximate surface area is 136 Å². The van der Waals surface area contributed by atoms with Gasteiger partial charge in [0, 0.05) is 18.9 Å². The number of Topliss-reactive ketones (excluding diaryl/α,β-unsaturated/α-hetero) is 1. The van der Waals surface area contributed by atoms with Gasteiger partial charge in [0.05, 0.1) is 18.9 Å². The number of rotatable bonds is 10. The first-order valence-corrected chi connectivity index (χ1v) is 7.87. The van der Waals surface area contributed by atoms with E-state index in [-0.39, 0.29) is 18.1 Å². The SMILES string of the molecule is N#CCC(CCCCOCc1ccccc1)C(=O)c1ccco1. The van der Waals surface area contributed by atoms with Gasteiger partial charge in [-0.05, 0) is 30.5 Å². The van der Waals surface area contributed by atoms with Crippen LogP contribution in [0, 0.1) is 17.2 Å². The molecule has 2 rings (SSSR count). The molecular formula is C19H21NO3. The largest absolute Gasteiger partial charge is 0.461 e. The van der Waals surface area contributed by atoms with Crippen LogP contribution in [0.2, 0.25) is 0 Å². The maximum Gasteiger partial charge on any atom is 0.202 e. The van der Waals surface area contributed by atoms with E-state index in [4.69, 9.17) is 14.4 Å². The lowest BCUT2D eigenvalue weighted by Gasteiger charge is -2.11. The van der Waals surface area contributed by atoms with Gasteiger partial charge in [0.2, 0.25) is 5.78 Å². The molecule has 1 unspecified atom stereocenters. The smallest absolute Gasteiger partial charge is 0.202 e. The van der Waals surface area contributed by atoms with Gasteiger partial charge in [0.25, 0.3) is 0 Å². The number of ether oxygens (including phenoxy) is 1. The highest BCUT2D eigenvalue weighted by molar-refractivity contribution is 5.95. The number of nitrogens with zero attached hydrogens (tertiary/aromatic N) is 1.